The molecule has 0 bridgehead atoms. The van der Waals surface area contributed by atoms with Gasteiger partial charge in [-0.3, -0.25) is 0 Å². The van der Waals surface area contributed by atoms with Gasteiger partial charge in [-0.2, -0.15) is 0 Å². The first-order valence-electron chi connectivity index (χ1n) is 2.65. The van der Waals surface area contributed by atoms with Crippen LogP contribution in [-0.2, 0) is 0 Å². The molecule has 0 aliphatic heterocycles. The van der Waals surface area contributed by atoms with Gasteiger partial charge in [0.1, 0.15) is 0 Å². The maximum atomic E-state index is 9.24. The number of halogens is 1. The zero-order chi connectivity index (χ0) is 7.49. The van der Waals surface area contributed by atoms with E-state index in [1.807, 2.05) is 22.6 Å². The van der Waals surface area contributed by atoms with E-state index >= 15 is 0 Å². The van der Waals surface area contributed by atoms with Crippen molar-refractivity contribution < 1.29 is 10.2 Å². The second-order valence-electron chi connectivity index (χ2n) is 2.35. The molecule has 0 heterocycles. The molecule has 0 radical (unpaired) electrons. The molecule has 54 valence electrons. The number of aliphatic hydroxyl groups excluding tert-OH is 1. The maximum absolute atomic E-state index is 9.24. The predicted octanol–water partition coefficient (Wildman–Crippen LogP) is 1.07. The van der Waals surface area contributed by atoms with Gasteiger partial charge in [0.25, 0.3) is 0 Å². The lowest BCUT2D eigenvalue weighted by atomic mass is 10.0. The van der Waals surface area contributed by atoms with Crippen LogP contribution < -0.4 is 0 Å². The molecular weight excluding hydrogens is 231 g/mol. The van der Waals surface area contributed by atoms with Crippen molar-refractivity contribution in [3.63, 3.8) is 0 Å². The molecule has 0 aromatic rings. The summed E-state index contributed by atoms with van der Waals surface area (Å²) in [6.45, 7) is 3.22. The van der Waals surface area contributed by atoms with E-state index in [0.717, 1.165) is 0 Å². The van der Waals surface area contributed by atoms with Crippen molar-refractivity contribution in [1.29, 1.82) is 0 Å². The first kappa shape index (κ1) is 9.39. The average molecular weight is 242 g/mol. The fourth-order valence-corrected chi connectivity index (χ4v) is 1.32. The predicted molar refractivity (Wildman–Crippen MR) is 45.5 cm³/mol. The third kappa shape index (κ3) is 3.17. The number of hydrogen-bond acceptors (Lipinski definition) is 2. The van der Waals surface area contributed by atoms with Gasteiger partial charge in [0.2, 0.25) is 0 Å². The van der Waals surface area contributed by atoms with E-state index < -0.39 is 5.60 Å². The molecule has 2 N–H and O–H groups in total. The fraction of sp³-hybridized carbons (Fsp3) is 0.667. The van der Waals surface area contributed by atoms with Crippen LogP contribution in [0.5, 0.6) is 0 Å². The van der Waals surface area contributed by atoms with E-state index in [9.17, 15) is 5.11 Å². The van der Waals surface area contributed by atoms with Gasteiger partial charge < -0.3 is 10.2 Å². The van der Waals surface area contributed by atoms with Crippen LogP contribution in [-0.4, -0.2) is 22.4 Å². The molecule has 0 aromatic heterocycles. The minimum atomic E-state index is -0.879. The lowest BCUT2D eigenvalue weighted by Gasteiger charge is -2.18. The minimum absolute atomic E-state index is 0.0769. The van der Waals surface area contributed by atoms with Gasteiger partial charge in [0.15, 0.2) is 0 Å². The van der Waals surface area contributed by atoms with Gasteiger partial charge in [-0.1, -0.05) is 22.6 Å². The first-order valence-corrected chi connectivity index (χ1v) is 3.90. The summed E-state index contributed by atoms with van der Waals surface area (Å²) in [4.78, 5) is 0. The highest BCUT2D eigenvalue weighted by Gasteiger charge is 2.16. The number of rotatable bonds is 2. The van der Waals surface area contributed by atoms with Gasteiger partial charge >= 0.3 is 0 Å². The molecule has 0 atom stereocenters. The maximum Gasteiger partial charge on any atom is 0.0830 e. The van der Waals surface area contributed by atoms with Gasteiger partial charge in [0.05, 0.1) is 12.2 Å². The molecule has 0 unspecified atom stereocenters. The van der Waals surface area contributed by atoms with Crippen molar-refractivity contribution in [2.45, 2.75) is 19.4 Å². The molecule has 0 saturated carbocycles. The second kappa shape index (κ2) is 3.53. The van der Waals surface area contributed by atoms with Crippen LogP contribution in [0.15, 0.2) is 9.66 Å². The summed E-state index contributed by atoms with van der Waals surface area (Å²) >= 11 is 1.99. The van der Waals surface area contributed by atoms with Crippen LogP contribution in [0.3, 0.4) is 0 Å². The summed E-state index contributed by atoms with van der Waals surface area (Å²) in [6.07, 6.45) is 0. The van der Waals surface area contributed by atoms with Crippen LogP contribution in [0.4, 0.5) is 0 Å². The van der Waals surface area contributed by atoms with E-state index in [-0.39, 0.29) is 6.61 Å². The van der Waals surface area contributed by atoms with Crippen molar-refractivity contribution >= 4 is 22.6 Å². The van der Waals surface area contributed by atoms with Crippen LogP contribution in [0, 0.1) is 0 Å². The molecular formula is C6H11IO2. The molecule has 0 rings (SSSR count). The Hall–Kier alpha value is 0.390. The SMILES string of the molecule is CC(C)(O)/C(=C\I)CO. The van der Waals surface area contributed by atoms with E-state index in [1.165, 1.54) is 0 Å². The largest absolute Gasteiger partial charge is 0.392 e. The second-order valence-corrected chi connectivity index (χ2v) is 2.97. The third-order valence-corrected chi connectivity index (χ3v) is 1.84. The molecule has 2 nitrogen and oxygen atoms in total. The quantitative estimate of drug-likeness (QED) is 0.711. The monoisotopic (exact) mass is 242 g/mol. The van der Waals surface area contributed by atoms with Crippen molar-refractivity contribution in [2.75, 3.05) is 6.61 Å². The zero-order valence-corrected chi connectivity index (χ0v) is 7.71. The smallest absolute Gasteiger partial charge is 0.0830 e. The Labute approximate surface area is 68.7 Å². The van der Waals surface area contributed by atoms with Crippen molar-refractivity contribution in [3.8, 4) is 0 Å². The van der Waals surface area contributed by atoms with Gasteiger partial charge in [0, 0.05) is 0 Å². The van der Waals surface area contributed by atoms with Gasteiger partial charge in [-0.15, -0.1) is 0 Å². The van der Waals surface area contributed by atoms with E-state index in [2.05, 4.69) is 0 Å². The summed E-state index contributed by atoms with van der Waals surface area (Å²) in [5.74, 6) is 0. The zero-order valence-electron chi connectivity index (χ0n) is 5.56. The Morgan fingerprint density at radius 3 is 2.11 bits per heavy atom. The molecule has 0 spiro atoms. The minimum Gasteiger partial charge on any atom is -0.392 e. The van der Waals surface area contributed by atoms with Crippen molar-refractivity contribution in [3.05, 3.63) is 9.66 Å². The molecule has 0 saturated heterocycles. The lowest BCUT2D eigenvalue weighted by molar-refractivity contribution is 0.105. The topological polar surface area (TPSA) is 40.5 Å². The Morgan fingerprint density at radius 1 is 1.67 bits per heavy atom. The summed E-state index contributed by atoms with van der Waals surface area (Å²) in [6, 6.07) is 0. The fourth-order valence-electron chi connectivity index (χ4n) is 0.361. The number of aliphatic hydroxyl groups is 2. The van der Waals surface area contributed by atoms with Gasteiger partial charge in [-0.25, -0.2) is 0 Å². The standard InChI is InChI=1S/C6H11IO2/c1-6(2,9)5(3-7)4-8/h3,8-9H,4H2,1-2H3/b5-3-. The van der Waals surface area contributed by atoms with E-state index in [1.54, 1.807) is 17.9 Å². The Kier molecular flexibility index (Phi) is 3.68. The molecule has 9 heavy (non-hydrogen) atoms. The van der Waals surface area contributed by atoms with Crippen LogP contribution >= 0.6 is 22.6 Å². The van der Waals surface area contributed by atoms with Crippen LogP contribution in [0.1, 0.15) is 13.8 Å². The average Bonchev–Trinajstić information content (AvgIpc) is 1.65. The summed E-state index contributed by atoms with van der Waals surface area (Å²) in [5.41, 5.74) is -0.237. The summed E-state index contributed by atoms with van der Waals surface area (Å²) in [5, 5.41) is 17.9. The van der Waals surface area contributed by atoms with Crippen LogP contribution in [0.2, 0.25) is 0 Å². The van der Waals surface area contributed by atoms with E-state index in [4.69, 9.17) is 5.11 Å². The molecule has 3 heteroatoms. The summed E-state index contributed by atoms with van der Waals surface area (Å²) < 4.78 is 1.69. The third-order valence-electron chi connectivity index (χ3n) is 1.09. The molecule has 0 fully saturated rings. The van der Waals surface area contributed by atoms with Gasteiger partial charge in [-0.05, 0) is 23.5 Å². The normalized spacial score (nSPS) is 14.1. The highest BCUT2D eigenvalue weighted by Crippen LogP contribution is 2.15. The molecule has 0 aliphatic rings. The van der Waals surface area contributed by atoms with Crippen LogP contribution in [0.25, 0.3) is 0 Å². The Balaban J connectivity index is 4.14. The van der Waals surface area contributed by atoms with E-state index in [0.29, 0.717) is 5.57 Å². The van der Waals surface area contributed by atoms with Crippen molar-refractivity contribution in [1.82, 2.24) is 0 Å². The Morgan fingerprint density at radius 2 is 2.11 bits per heavy atom. The summed E-state index contributed by atoms with van der Waals surface area (Å²) in [7, 11) is 0. The first-order chi connectivity index (χ1) is 4.02. The molecule has 0 aliphatic carbocycles. The highest BCUT2D eigenvalue weighted by molar-refractivity contribution is 14.1. The molecule has 0 aromatic carbocycles. The lowest BCUT2D eigenvalue weighted by Crippen LogP contribution is -2.23. The van der Waals surface area contributed by atoms with Crippen molar-refractivity contribution in [2.24, 2.45) is 0 Å². The Bertz CT molecular complexity index is 113. The molecule has 0 amide bonds. The number of hydrogen-bond donors (Lipinski definition) is 2. The highest BCUT2D eigenvalue weighted by atomic mass is 127.